The van der Waals surface area contributed by atoms with Gasteiger partial charge in [-0.15, -0.1) is 11.3 Å². The van der Waals surface area contributed by atoms with Crippen LogP contribution in [-0.4, -0.2) is 11.5 Å². The van der Waals surface area contributed by atoms with Crippen molar-refractivity contribution in [3.63, 3.8) is 0 Å². The first-order valence-corrected chi connectivity index (χ1v) is 7.79. The summed E-state index contributed by atoms with van der Waals surface area (Å²) >= 11 is 1.84. The summed E-state index contributed by atoms with van der Waals surface area (Å²) < 4.78 is 0. The zero-order chi connectivity index (χ0) is 12.3. The number of nitrogens with zero attached hydrogens (tertiary/aromatic N) is 1. The number of thiazole rings is 1. The number of hydrogen-bond acceptors (Lipinski definition) is 3. The summed E-state index contributed by atoms with van der Waals surface area (Å²) in [7, 11) is 0. The second-order valence-corrected chi connectivity index (χ2v) is 6.23. The minimum absolute atomic E-state index is 0.500. The molecule has 1 heterocycles. The Morgan fingerprint density at radius 2 is 2.12 bits per heavy atom. The Bertz CT molecular complexity index is 340. The number of hydrogen-bond donors (Lipinski definition) is 1. The molecule has 0 aromatic carbocycles. The van der Waals surface area contributed by atoms with Crippen LogP contribution in [0.15, 0.2) is 5.38 Å². The highest BCUT2D eigenvalue weighted by Gasteiger charge is 2.27. The minimum atomic E-state index is 0.500. The molecule has 0 bridgehead atoms. The van der Waals surface area contributed by atoms with Gasteiger partial charge >= 0.3 is 0 Å². The molecule has 1 aliphatic rings. The van der Waals surface area contributed by atoms with E-state index >= 15 is 0 Å². The van der Waals surface area contributed by atoms with Crippen molar-refractivity contribution in [1.82, 2.24) is 10.3 Å². The van der Waals surface area contributed by atoms with E-state index in [0.717, 1.165) is 12.5 Å². The Kier molecular flexibility index (Phi) is 4.57. The van der Waals surface area contributed by atoms with Crippen molar-refractivity contribution in [1.29, 1.82) is 0 Å². The Morgan fingerprint density at radius 1 is 1.41 bits per heavy atom. The first-order valence-electron chi connectivity index (χ1n) is 6.91. The van der Waals surface area contributed by atoms with Gasteiger partial charge in [0.15, 0.2) is 0 Å². The summed E-state index contributed by atoms with van der Waals surface area (Å²) in [4.78, 5) is 4.83. The van der Waals surface area contributed by atoms with E-state index in [2.05, 4.69) is 31.5 Å². The van der Waals surface area contributed by atoms with Crippen molar-refractivity contribution in [2.45, 2.75) is 58.4 Å². The van der Waals surface area contributed by atoms with Gasteiger partial charge in [-0.05, 0) is 31.2 Å². The standard InChI is InChI=1S/C14H24N2S/c1-4-15-13(11-7-5-6-8-11)14-16-12(9-17-14)10(2)3/h9-11,13,15H,4-8H2,1-3H3. The number of rotatable bonds is 5. The van der Waals surface area contributed by atoms with E-state index in [1.807, 2.05) is 11.3 Å². The largest absolute Gasteiger partial charge is 0.308 e. The molecule has 0 aliphatic heterocycles. The van der Waals surface area contributed by atoms with Gasteiger partial charge in [-0.1, -0.05) is 33.6 Å². The van der Waals surface area contributed by atoms with Gasteiger partial charge in [0, 0.05) is 5.38 Å². The molecule has 0 amide bonds. The van der Waals surface area contributed by atoms with Crippen LogP contribution in [0.4, 0.5) is 0 Å². The second-order valence-electron chi connectivity index (χ2n) is 5.35. The van der Waals surface area contributed by atoms with Gasteiger partial charge in [-0.2, -0.15) is 0 Å². The third-order valence-electron chi connectivity index (χ3n) is 3.69. The lowest BCUT2D eigenvalue weighted by molar-refractivity contribution is 0.373. The molecular weight excluding hydrogens is 228 g/mol. The molecule has 1 saturated carbocycles. The third kappa shape index (κ3) is 3.08. The molecule has 1 unspecified atom stereocenters. The maximum absolute atomic E-state index is 4.83. The van der Waals surface area contributed by atoms with E-state index in [0.29, 0.717) is 12.0 Å². The highest BCUT2D eigenvalue weighted by Crippen LogP contribution is 2.37. The zero-order valence-corrected chi connectivity index (χ0v) is 12.0. The van der Waals surface area contributed by atoms with Gasteiger partial charge in [0.05, 0.1) is 11.7 Å². The fraction of sp³-hybridized carbons (Fsp3) is 0.786. The fourth-order valence-corrected chi connectivity index (χ4v) is 3.82. The van der Waals surface area contributed by atoms with E-state index in [1.54, 1.807) is 0 Å². The summed E-state index contributed by atoms with van der Waals surface area (Å²) in [6.45, 7) is 7.67. The molecule has 0 saturated heterocycles. The molecule has 1 atom stereocenters. The predicted octanol–water partition coefficient (Wildman–Crippen LogP) is 4.11. The van der Waals surface area contributed by atoms with Crippen LogP contribution in [0.25, 0.3) is 0 Å². The Balaban J connectivity index is 2.13. The van der Waals surface area contributed by atoms with Crippen molar-refractivity contribution in [2.75, 3.05) is 6.54 Å². The van der Waals surface area contributed by atoms with Crippen molar-refractivity contribution in [3.8, 4) is 0 Å². The maximum atomic E-state index is 4.83. The van der Waals surface area contributed by atoms with Crippen molar-refractivity contribution in [2.24, 2.45) is 5.92 Å². The third-order valence-corrected chi connectivity index (χ3v) is 4.64. The van der Waals surface area contributed by atoms with Gasteiger partial charge in [-0.25, -0.2) is 4.98 Å². The molecule has 3 heteroatoms. The first kappa shape index (κ1) is 13.0. The fourth-order valence-electron chi connectivity index (χ4n) is 2.67. The topological polar surface area (TPSA) is 24.9 Å². The molecular formula is C14H24N2S. The normalized spacial score (nSPS) is 19.1. The number of aromatic nitrogens is 1. The lowest BCUT2D eigenvalue weighted by Gasteiger charge is -2.22. The van der Waals surface area contributed by atoms with Crippen molar-refractivity contribution < 1.29 is 0 Å². The van der Waals surface area contributed by atoms with Gasteiger partial charge < -0.3 is 5.32 Å². The SMILES string of the molecule is CCNC(c1nc(C(C)C)cs1)C1CCCC1. The Labute approximate surface area is 109 Å². The van der Waals surface area contributed by atoms with Gasteiger partial charge in [0.25, 0.3) is 0 Å². The number of nitrogens with one attached hydrogen (secondary N) is 1. The summed E-state index contributed by atoms with van der Waals surface area (Å²) in [6, 6.07) is 0.500. The first-order chi connectivity index (χ1) is 8.22. The maximum Gasteiger partial charge on any atom is 0.110 e. The van der Waals surface area contributed by atoms with Crippen molar-refractivity contribution >= 4 is 11.3 Å². The van der Waals surface area contributed by atoms with Gasteiger partial charge in [0.1, 0.15) is 5.01 Å². The lowest BCUT2D eigenvalue weighted by Crippen LogP contribution is -2.26. The van der Waals surface area contributed by atoms with Crippen LogP contribution in [0, 0.1) is 5.92 Å². The van der Waals surface area contributed by atoms with Gasteiger partial charge in [-0.3, -0.25) is 0 Å². The molecule has 2 rings (SSSR count). The van der Waals surface area contributed by atoms with E-state index in [1.165, 1.54) is 36.4 Å². The van der Waals surface area contributed by atoms with Crippen LogP contribution in [-0.2, 0) is 0 Å². The Morgan fingerprint density at radius 3 is 2.65 bits per heavy atom. The van der Waals surface area contributed by atoms with E-state index < -0.39 is 0 Å². The average molecular weight is 252 g/mol. The highest BCUT2D eigenvalue weighted by molar-refractivity contribution is 7.09. The summed E-state index contributed by atoms with van der Waals surface area (Å²) in [5.74, 6) is 1.35. The zero-order valence-electron chi connectivity index (χ0n) is 11.2. The molecule has 0 spiro atoms. The molecule has 1 aliphatic carbocycles. The van der Waals surface area contributed by atoms with Crippen LogP contribution >= 0.6 is 11.3 Å². The summed E-state index contributed by atoms with van der Waals surface area (Å²) in [6.07, 6.45) is 5.53. The monoisotopic (exact) mass is 252 g/mol. The average Bonchev–Trinajstić information content (AvgIpc) is 2.97. The van der Waals surface area contributed by atoms with Crippen LogP contribution in [0.3, 0.4) is 0 Å². The highest BCUT2D eigenvalue weighted by atomic mass is 32.1. The van der Waals surface area contributed by atoms with Crippen LogP contribution < -0.4 is 5.32 Å². The predicted molar refractivity (Wildman–Crippen MR) is 74.6 cm³/mol. The van der Waals surface area contributed by atoms with E-state index in [4.69, 9.17) is 4.98 Å². The summed E-state index contributed by atoms with van der Waals surface area (Å²) in [5.41, 5.74) is 1.26. The molecule has 1 aromatic rings. The van der Waals surface area contributed by atoms with Crippen molar-refractivity contribution in [3.05, 3.63) is 16.1 Å². The van der Waals surface area contributed by atoms with E-state index in [9.17, 15) is 0 Å². The molecule has 1 aromatic heterocycles. The minimum Gasteiger partial charge on any atom is -0.308 e. The molecule has 2 nitrogen and oxygen atoms in total. The molecule has 96 valence electrons. The summed E-state index contributed by atoms with van der Waals surface area (Å²) in [5, 5.41) is 7.18. The smallest absolute Gasteiger partial charge is 0.110 e. The van der Waals surface area contributed by atoms with Crippen LogP contribution in [0.5, 0.6) is 0 Å². The molecule has 1 N–H and O–H groups in total. The van der Waals surface area contributed by atoms with Crippen LogP contribution in [0.2, 0.25) is 0 Å². The molecule has 17 heavy (non-hydrogen) atoms. The Hall–Kier alpha value is -0.410. The molecule has 1 fully saturated rings. The van der Waals surface area contributed by atoms with E-state index in [-0.39, 0.29) is 0 Å². The quantitative estimate of drug-likeness (QED) is 0.853. The lowest BCUT2D eigenvalue weighted by atomic mass is 9.98. The van der Waals surface area contributed by atoms with Crippen LogP contribution in [0.1, 0.15) is 69.1 Å². The van der Waals surface area contributed by atoms with Gasteiger partial charge in [0.2, 0.25) is 0 Å². The molecule has 0 radical (unpaired) electrons. The second kappa shape index (κ2) is 5.96.